The van der Waals surface area contributed by atoms with Crippen LogP contribution in [0.15, 0.2) is 48.5 Å². The molecule has 6 heteroatoms. The van der Waals surface area contributed by atoms with Gasteiger partial charge < -0.3 is 5.11 Å². The first-order chi connectivity index (χ1) is 12.8. The van der Waals surface area contributed by atoms with Gasteiger partial charge in [0.15, 0.2) is 0 Å². The van der Waals surface area contributed by atoms with E-state index in [4.69, 9.17) is 0 Å². The molecule has 0 spiro atoms. The van der Waals surface area contributed by atoms with Crippen molar-refractivity contribution < 1.29 is 22.7 Å². The maximum absolute atomic E-state index is 14.0. The van der Waals surface area contributed by atoms with Crippen molar-refractivity contribution in [3.8, 4) is 0 Å². The molecule has 0 aromatic heterocycles. The Labute approximate surface area is 155 Å². The fourth-order valence-corrected chi connectivity index (χ4v) is 4.79. The molecule has 2 atom stereocenters. The van der Waals surface area contributed by atoms with Crippen molar-refractivity contribution in [2.75, 3.05) is 0 Å². The van der Waals surface area contributed by atoms with E-state index >= 15 is 0 Å². The van der Waals surface area contributed by atoms with Gasteiger partial charge in [-0.2, -0.15) is 13.2 Å². The predicted octanol–water partition coefficient (Wildman–Crippen LogP) is 4.86. The maximum atomic E-state index is 14.0. The van der Waals surface area contributed by atoms with Crippen molar-refractivity contribution in [2.45, 2.75) is 56.1 Å². The molecule has 1 N–H and O–H groups in total. The summed E-state index contributed by atoms with van der Waals surface area (Å²) < 4.78 is 54.3. The van der Waals surface area contributed by atoms with E-state index in [2.05, 4.69) is 4.90 Å². The van der Waals surface area contributed by atoms with Gasteiger partial charge >= 0.3 is 6.18 Å². The average molecular weight is 379 g/mol. The summed E-state index contributed by atoms with van der Waals surface area (Å²) >= 11 is 0. The van der Waals surface area contributed by atoms with Crippen molar-refractivity contribution in [1.82, 2.24) is 4.90 Å². The molecule has 0 aliphatic carbocycles. The van der Waals surface area contributed by atoms with E-state index in [0.717, 1.165) is 24.5 Å². The minimum atomic E-state index is -4.84. The lowest BCUT2D eigenvalue weighted by Gasteiger charge is -2.44. The van der Waals surface area contributed by atoms with Crippen LogP contribution in [0.4, 0.5) is 17.6 Å². The van der Waals surface area contributed by atoms with Crippen molar-refractivity contribution in [2.24, 2.45) is 0 Å². The number of hydrogen-bond acceptors (Lipinski definition) is 2. The number of halogens is 4. The van der Waals surface area contributed by atoms with Gasteiger partial charge in [-0.05, 0) is 42.9 Å². The summed E-state index contributed by atoms with van der Waals surface area (Å²) in [7, 11) is 0. The molecule has 0 saturated carbocycles. The Morgan fingerprint density at radius 1 is 0.963 bits per heavy atom. The standard InChI is InChI=1S/C21H21F4NO/c22-18-8-4-7-17(19(18)21(23,24)25)20(27)11-15-9-10-16(12-20)26(15)13-14-5-2-1-3-6-14/h1-8,15-16,27H,9-13H2. The Morgan fingerprint density at radius 3 is 2.19 bits per heavy atom. The summed E-state index contributed by atoms with van der Waals surface area (Å²) in [6.45, 7) is 0.710. The van der Waals surface area contributed by atoms with Crippen LogP contribution in [0, 0.1) is 5.82 Å². The van der Waals surface area contributed by atoms with Crippen molar-refractivity contribution in [1.29, 1.82) is 0 Å². The van der Waals surface area contributed by atoms with Crippen LogP contribution in [0.3, 0.4) is 0 Å². The van der Waals surface area contributed by atoms with Gasteiger partial charge in [-0.3, -0.25) is 4.90 Å². The Morgan fingerprint density at radius 2 is 1.59 bits per heavy atom. The van der Waals surface area contributed by atoms with Crippen LogP contribution < -0.4 is 0 Å². The number of nitrogens with zero attached hydrogens (tertiary/aromatic N) is 1. The number of fused-ring (bicyclic) bond motifs is 2. The zero-order chi connectivity index (χ0) is 19.2. The largest absolute Gasteiger partial charge is 0.419 e. The number of aliphatic hydroxyl groups is 1. The van der Waals surface area contributed by atoms with Crippen LogP contribution >= 0.6 is 0 Å². The molecule has 2 fully saturated rings. The third-order valence-electron chi connectivity index (χ3n) is 5.92. The summed E-state index contributed by atoms with van der Waals surface area (Å²) in [4.78, 5) is 2.27. The molecule has 0 amide bonds. The minimum absolute atomic E-state index is 0.0155. The second-order valence-electron chi connectivity index (χ2n) is 7.64. The Kier molecular flexibility index (Phi) is 4.51. The Balaban J connectivity index is 1.64. The predicted molar refractivity (Wildman–Crippen MR) is 93.3 cm³/mol. The molecule has 2 bridgehead atoms. The smallest absolute Gasteiger partial charge is 0.385 e. The molecule has 144 valence electrons. The molecule has 2 nitrogen and oxygen atoms in total. The van der Waals surface area contributed by atoms with Gasteiger partial charge in [-0.1, -0.05) is 42.5 Å². The number of rotatable bonds is 3. The van der Waals surface area contributed by atoms with E-state index in [-0.39, 0.29) is 30.5 Å². The number of piperidine rings is 1. The SMILES string of the molecule is OC1(c2cccc(F)c2C(F)(F)F)CC2CCC(C1)N2Cc1ccccc1. The van der Waals surface area contributed by atoms with Gasteiger partial charge in [0.25, 0.3) is 0 Å². The lowest BCUT2D eigenvalue weighted by atomic mass is 9.78. The molecule has 4 rings (SSSR count). The van der Waals surface area contributed by atoms with E-state index in [1.807, 2.05) is 30.3 Å². The topological polar surface area (TPSA) is 23.5 Å². The monoisotopic (exact) mass is 379 g/mol. The summed E-state index contributed by atoms with van der Waals surface area (Å²) in [6.07, 6.45) is -2.81. The fourth-order valence-electron chi connectivity index (χ4n) is 4.79. The van der Waals surface area contributed by atoms with Gasteiger partial charge in [0.1, 0.15) is 5.82 Å². The van der Waals surface area contributed by atoms with Gasteiger partial charge in [0.2, 0.25) is 0 Å². The highest BCUT2D eigenvalue weighted by molar-refractivity contribution is 5.37. The first kappa shape index (κ1) is 18.4. The maximum Gasteiger partial charge on any atom is 0.419 e. The summed E-state index contributed by atoms with van der Waals surface area (Å²) in [5.41, 5.74) is -2.18. The zero-order valence-electron chi connectivity index (χ0n) is 14.7. The summed E-state index contributed by atoms with van der Waals surface area (Å²) in [5.74, 6) is -1.33. The second kappa shape index (κ2) is 6.60. The Bertz CT molecular complexity index is 807. The lowest BCUT2D eigenvalue weighted by molar-refractivity contribution is -0.145. The molecule has 2 aromatic rings. The second-order valence-corrected chi connectivity index (χ2v) is 7.64. The highest BCUT2D eigenvalue weighted by Crippen LogP contribution is 2.49. The van der Waals surface area contributed by atoms with Crippen LogP contribution in [0.1, 0.15) is 42.4 Å². The number of hydrogen-bond donors (Lipinski definition) is 1. The van der Waals surface area contributed by atoms with Crippen molar-refractivity contribution in [3.63, 3.8) is 0 Å². The molecule has 2 heterocycles. The summed E-state index contributed by atoms with van der Waals surface area (Å²) in [6, 6.07) is 13.1. The molecule has 2 aliphatic heterocycles. The molecule has 0 radical (unpaired) electrons. The average Bonchev–Trinajstić information content (AvgIpc) is 2.85. The fraction of sp³-hybridized carbons (Fsp3) is 0.429. The number of alkyl halides is 3. The van der Waals surface area contributed by atoms with Crippen LogP contribution in [-0.4, -0.2) is 22.1 Å². The quantitative estimate of drug-likeness (QED) is 0.770. The molecule has 27 heavy (non-hydrogen) atoms. The van der Waals surface area contributed by atoms with Crippen molar-refractivity contribution >= 4 is 0 Å². The molecule has 2 unspecified atom stereocenters. The lowest BCUT2D eigenvalue weighted by Crippen LogP contribution is -2.49. The van der Waals surface area contributed by atoms with Crippen LogP contribution in [0.25, 0.3) is 0 Å². The van der Waals surface area contributed by atoms with Crippen molar-refractivity contribution in [3.05, 3.63) is 71.0 Å². The third kappa shape index (κ3) is 3.36. The van der Waals surface area contributed by atoms with Crippen LogP contribution in [0.2, 0.25) is 0 Å². The van der Waals surface area contributed by atoms with Gasteiger partial charge in [-0.25, -0.2) is 4.39 Å². The van der Waals surface area contributed by atoms with E-state index in [1.54, 1.807) is 0 Å². The molecule has 2 saturated heterocycles. The van der Waals surface area contributed by atoms with E-state index in [9.17, 15) is 22.7 Å². The molecular formula is C21H21F4NO. The Hall–Kier alpha value is -1.92. The van der Waals surface area contributed by atoms with Crippen LogP contribution in [0.5, 0.6) is 0 Å². The molecule has 2 aromatic carbocycles. The van der Waals surface area contributed by atoms with Gasteiger partial charge in [-0.15, -0.1) is 0 Å². The highest BCUT2D eigenvalue weighted by atomic mass is 19.4. The first-order valence-corrected chi connectivity index (χ1v) is 9.16. The summed E-state index contributed by atoms with van der Waals surface area (Å²) in [5, 5.41) is 11.2. The molecule has 2 aliphatic rings. The molecular weight excluding hydrogens is 358 g/mol. The number of benzene rings is 2. The van der Waals surface area contributed by atoms with E-state index in [0.29, 0.717) is 6.54 Å². The van der Waals surface area contributed by atoms with Crippen LogP contribution in [-0.2, 0) is 18.3 Å². The van der Waals surface area contributed by atoms with E-state index < -0.39 is 23.2 Å². The highest BCUT2D eigenvalue weighted by Gasteiger charge is 2.51. The van der Waals surface area contributed by atoms with Gasteiger partial charge in [0, 0.05) is 18.6 Å². The first-order valence-electron chi connectivity index (χ1n) is 9.16. The van der Waals surface area contributed by atoms with Gasteiger partial charge in [0.05, 0.1) is 11.2 Å². The zero-order valence-corrected chi connectivity index (χ0v) is 14.7. The third-order valence-corrected chi connectivity index (χ3v) is 5.92. The van der Waals surface area contributed by atoms with E-state index in [1.165, 1.54) is 12.1 Å². The minimum Gasteiger partial charge on any atom is -0.385 e. The normalized spacial score (nSPS) is 28.5.